The first kappa shape index (κ1) is 21.5. The van der Waals surface area contributed by atoms with E-state index in [2.05, 4.69) is 0 Å². The number of sulfonamides is 1. The van der Waals surface area contributed by atoms with E-state index >= 15 is 0 Å². The summed E-state index contributed by atoms with van der Waals surface area (Å²) in [6.45, 7) is 1.65. The van der Waals surface area contributed by atoms with Gasteiger partial charge in [-0.05, 0) is 42.8 Å². The van der Waals surface area contributed by atoms with Crippen molar-refractivity contribution in [2.45, 2.75) is 22.8 Å². The molecule has 0 spiro atoms. The van der Waals surface area contributed by atoms with Crippen molar-refractivity contribution in [2.24, 2.45) is 0 Å². The molecular weight excluding hydrogens is 441 g/mol. The molecule has 10 heteroatoms. The standard InChI is InChI=1S/C16H16Cl3NO4S2/c1-10(13-6-4-11(17)8-15(13)19)20(2)26(23,24)16-9-12(25(3,21)22)5-7-14(16)18/h4-10H,1-3H3. The fraction of sp³-hybridized carbons (Fsp3) is 0.250. The molecule has 0 aromatic heterocycles. The molecule has 0 bridgehead atoms. The Kier molecular flexibility index (Phi) is 6.32. The van der Waals surface area contributed by atoms with E-state index in [4.69, 9.17) is 34.8 Å². The van der Waals surface area contributed by atoms with Gasteiger partial charge in [-0.15, -0.1) is 0 Å². The fourth-order valence-electron chi connectivity index (χ4n) is 2.31. The molecule has 0 aliphatic heterocycles. The summed E-state index contributed by atoms with van der Waals surface area (Å²) in [5.74, 6) is 0. The zero-order chi connectivity index (χ0) is 19.9. The number of halogens is 3. The molecule has 2 rings (SSSR count). The summed E-state index contributed by atoms with van der Waals surface area (Å²) in [5.41, 5.74) is 0.553. The summed E-state index contributed by atoms with van der Waals surface area (Å²) in [6, 6.07) is 7.69. The highest BCUT2D eigenvalue weighted by Gasteiger charge is 2.30. The van der Waals surface area contributed by atoms with Crippen molar-refractivity contribution in [3.8, 4) is 0 Å². The molecule has 0 amide bonds. The van der Waals surface area contributed by atoms with Gasteiger partial charge in [0.15, 0.2) is 9.84 Å². The molecule has 0 heterocycles. The number of hydrogen-bond donors (Lipinski definition) is 0. The van der Waals surface area contributed by atoms with E-state index in [-0.39, 0.29) is 14.8 Å². The van der Waals surface area contributed by atoms with Crippen molar-refractivity contribution in [3.05, 3.63) is 57.0 Å². The molecule has 142 valence electrons. The maximum atomic E-state index is 13.0. The van der Waals surface area contributed by atoms with Crippen LogP contribution in [0.15, 0.2) is 46.2 Å². The Bertz CT molecular complexity index is 1050. The molecule has 1 unspecified atom stereocenters. The normalized spacial score (nSPS) is 13.8. The fourth-order valence-corrected chi connectivity index (χ4v) is 5.44. The molecule has 0 N–H and O–H groups in total. The zero-order valence-electron chi connectivity index (χ0n) is 14.1. The SMILES string of the molecule is CC(c1ccc(Cl)cc1Cl)N(C)S(=O)(=O)c1cc(S(C)(=O)=O)ccc1Cl. The molecular formula is C16H16Cl3NO4S2. The van der Waals surface area contributed by atoms with Gasteiger partial charge in [0.2, 0.25) is 10.0 Å². The number of rotatable bonds is 5. The van der Waals surface area contributed by atoms with Gasteiger partial charge in [-0.3, -0.25) is 0 Å². The first-order valence-electron chi connectivity index (χ1n) is 7.28. The van der Waals surface area contributed by atoms with Gasteiger partial charge in [-0.25, -0.2) is 16.8 Å². The van der Waals surface area contributed by atoms with Crippen molar-refractivity contribution in [2.75, 3.05) is 13.3 Å². The Hall–Kier alpha value is -0.830. The number of sulfone groups is 1. The lowest BCUT2D eigenvalue weighted by molar-refractivity contribution is 0.398. The highest BCUT2D eigenvalue weighted by Crippen LogP contribution is 2.34. The minimum absolute atomic E-state index is 0.0707. The molecule has 2 aromatic rings. The predicted octanol–water partition coefficient (Wildman–Crippen LogP) is 4.43. The van der Waals surface area contributed by atoms with Gasteiger partial charge in [0.1, 0.15) is 4.90 Å². The molecule has 0 aliphatic rings. The zero-order valence-corrected chi connectivity index (χ0v) is 18.0. The average Bonchev–Trinajstić information content (AvgIpc) is 2.52. The lowest BCUT2D eigenvalue weighted by Crippen LogP contribution is -2.30. The Morgan fingerprint density at radius 3 is 2.08 bits per heavy atom. The van der Waals surface area contributed by atoms with Crippen LogP contribution in [0.4, 0.5) is 0 Å². The Balaban J connectivity index is 2.53. The third-order valence-corrected chi connectivity index (χ3v) is 8.03. The van der Waals surface area contributed by atoms with Gasteiger partial charge in [-0.2, -0.15) is 4.31 Å². The van der Waals surface area contributed by atoms with Crippen LogP contribution in [0, 0.1) is 0 Å². The minimum Gasteiger partial charge on any atom is -0.224 e. The minimum atomic E-state index is -4.08. The van der Waals surface area contributed by atoms with Gasteiger partial charge in [0, 0.05) is 29.4 Å². The first-order chi connectivity index (χ1) is 11.9. The van der Waals surface area contributed by atoms with Crippen molar-refractivity contribution < 1.29 is 16.8 Å². The summed E-state index contributed by atoms with van der Waals surface area (Å²) in [5, 5.41) is 0.682. The maximum absolute atomic E-state index is 13.0. The first-order valence-corrected chi connectivity index (χ1v) is 11.7. The van der Waals surface area contributed by atoms with Crippen LogP contribution in [-0.4, -0.2) is 34.4 Å². The Morgan fingerprint density at radius 2 is 1.54 bits per heavy atom. The van der Waals surface area contributed by atoms with E-state index in [1.807, 2.05) is 0 Å². The van der Waals surface area contributed by atoms with Gasteiger partial charge >= 0.3 is 0 Å². The molecule has 0 saturated carbocycles. The van der Waals surface area contributed by atoms with Crippen LogP contribution in [0.25, 0.3) is 0 Å². The average molecular weight is 457 g/mol. The van der Waals surface area contributed by atoms with Crippen molar-refractivity contribution in [1.29, 1.82) is 0 Å². The lowest BCUT2D eigenvalue weighted by Gasteiger charge is -2.26. The van der Waals surface area contributed by atoms with Gasteiger partial charge in [0.25, 0.3) is 0 Å². The second kappa shape index (κ2) is 7.66. The Morgan fingerprint density at radius 1 is 0.923 bits per heavy atom. The molecule has 2 aromatic carbocycles. The molecule has 5 nitrogen and oxygen atoms in total. The van der Waals surface area contributed by atoms with Gasteiger partial charge < -0.3 is 0 Å². The second-order valence-electron chi connectivity index (χ2n) is 5.73. The molecule has 0 saturated heterocycles. The van der Waals surface area contributed by atoms with E-state index in [0.29, 0.717) is 15.6 Å². The molecule has 0 fully saturated rings. The molecule has 0 aliphatic carbocycles. The van der Waals surface area contributed by atoms with Crippen molar-refractivity contribution in [3.63, 3.8) is 0 Å². The van der Waals surface area contributed by atoms with E-state index in [9.17, 15) is 16.8 Å². The number of nitrogens with zero attached hydrogens (tertiary/aromatic N) is 1. The number of benzene rings is 2. The van der Waals surface area contributed by atoms with Crippen molar-refractivity contribution >= 4 is 54.7 Å². The van der Waals surface area contributed by atoms with Crippen LogP contribution >= 0.6 is 34.8 Å². The highest BCUT2D eigenvalue weighted by molar-refractivity contribution is 7.91. The van der Waals surface area contributed by atoms with Crippen LogP contribution < -0.4 is 0 Å². The molecule has 0 radical (unpaired) electrons. The number of hydrogen-bond acceptors (Lipinski definition) is 4. The maximum Gasteiger partial charge on any atom is 0.244 e. The highest BCUT2D eigenvalue weighted by atomic mass is 35.5. The largest absolute Gasteiger partial charge is 0.244 e. The van der Waals surface area contributed by atoms with Crippen LogP contribution in [0.3, 0.4) is 0 Å². The van der Waals surface area contributed by atoms with E-state index < -0.39 is 25.9 Å². The van der Waals surface area contributed by atoms with E-state index in [1.54, 1.807) is 19.1 Å². The quantitative estimate of drug-likeness (QED) is 0.667. The summed E-state index contributed by atoms with van der Waals surface area (Å²) in [6.07, 6.45) is 0.993. The summed E-state index contributed by atoms with van der Waals surface area (Å²) in [7, 11) is -6.30. The van der Waals surface area contributed by atoms with Gasteiger partial charge in [0.05, 0.1) is 9.92 Å². The molecule has 1 atom stereocenters. The smallest absolute Gasteiger partial charge is 0.224 e. The third-order valence-electron chi connectivity index (χ3n) is 3.95. The monoisotopic (exact) mass is 455 g/mol. The van der Waals surface area contributed by atoms with Crippen LogP contribution in [-0.2, 0) is 19.9 Å². The van der Waals surface area contributed by atoms with Crippen molar-refractivity contribution in [1.82, 2.24) is 4.31 Å². The predicted molar refractivity (Wildman–Crippen MR) is 104 cm³/mol. The van der Waals surface area contributed by atoms with Crippen LogP contribution in [0.5, 0.6) is 0 Å². The van der Waals surface area contributed by atoms with E-state index in [1.165, 1.54) is 25.2 Å². The summed E-state index contributed by atoms with van der Waals surface area (Å²) >= 11 is 18.1. The lowest BCUT2D eigenvalue weighted by atomic mass is 10.1. The summed E-state index contributed by atoms with van der Waals surface area (Å²) in [4.78, 5) is -0.424. The van der Waals surface area contributed by atoms with Crippen LogP contribution in [0.2, 0.25) is 15.1 Å². The van der Waals surface area contributed by atoms with E-state index in [0.717, 1.165) is 16.6 Å². The Labute approximate surface area is 168 Å². The second-order valence-corrected chi connectivity index (χ2v) is 11.0. The molecule has 26 heavy (non-hydrogen) atoms. The van der Waals surface area contributed by atoms with Gasteiger partial charge in [-0.1, -0.05) is 40.9 Å². The third kappa shape index (κ3) is 4.35. The summed E-state index contributed by atoms with van der Waals surface area (Å²) < 4.78 is 50.6. The van der Waals surface area contributed by atoms with Crippen LogP contribution in [0.1, 0.15) is 18.5 Å². The topological polar surface area (TPSA) is 71.5 Å².